The number of para-hydroxylation sites is 1. The van der Waals surface area contributed by atoms with Crippen LogP contribution in [0.5, 0.6) is 5.75 Å². The Bertz CT molecular complexity index is 938. The number of esters is 1. The van der Waals surface area contributed by atoms with Gasteiger partial charge in [-0.3, -0.25) is 0 Å². The van der Waals surface area contributed by atoms with Crippen molar-refractivity contribution in [3.05, 3.63) is 59.7 Å². The second-order valence-electron chi connectivity index (χ2n) is 5.05. The lowest BCUT2D eigenvalue weighted by molar-refractivity contribution is 0.0527. The van der Waals surface area contributed by atoms with E-state index in [9.17, 15) is 13.2 Å². The summed E-state index contributed by atoms with van der Waals surface area (Å²) in [6, 6.07) is 13.5. The number of methoxy groups -OCH3 is 1. The molecule has 1 aliphatic heterocycles. The van der Waals surface area contributed by atoms with Crippen LogP contribution >= 0.6 is 11.8 Å². The molecule has 0 radical (unpaired) electrons. The first-order chi connectivity index (χ1) is 12.0. The zero-order chi connectivity index (χ0) is 17.9. The van der Waals surface area contributed by atoms with E-state index in [2.05, 4.69) is 4.40 Å². The maximum atomic E-state index is 12.1. The highest BCUT2D eigenvalue weighted by Gasteiger charge is 2.28. The van der Waals surface area contributed by atoms with Crippen molar-refractivity contribution in [3.63, 3.8) is 0 Å². The number of ether oxygens (including phenoxy) is 2. The van der Waals surface area contributed by atoms with E-state index >= 15 is 0 Å². The highest BCUT2D eigenvalue weighted by Crippen LogP contribution is 2.30. The third-order valence-corrected chi connectivity index (χ3v) is 5.89. The molecule has 3 rings (SSSR count). The van der Waals surface area contributed by atoms with E-state index in [-0.39, 0.29) is 11.5 Å². The Balaban J connectivity index is 1.59. The minimum absolute atomic E-state index is 0.128. The molecule has 0 saturated heterocycles. The van der Waals surface area contributed by atoms with Crippen LogP contribution in [0.3, 0.4) is 0 Å². The zero-order valence-electron chi connectivity index (χ0n) is 13.3. The summed E-state index contributed by atoms with van der Waals surface area (Å²) >= 11 is 1.24. The molecule has 2 aromatic carbocycles. The summed E-state index contributed by atoms with van der Waals surface area (Å²) in [5.74, 6) is 0.351. The average Bonchev–Trinajstić information content (AvgIpc) is 2.89. The fraction of sp³-hybridized carbons (Fsp3) is 0.176. The second kappa shape index (κ2) is 7.28. The van der Waals surface area contributed by atoms with Crippen LogP contribution in [-0.2, 0) is 14.8 Å². The summed E-state index contributed by atoms with van der Waals surface area (Å²) < 4.78 is 38.1. The van der Waals surface area contributed by atoms with E-state index in [1.54, 1.807) is 42.5 Å². The molecule has 2 aromatic rings. The Kier molecular flexibility index (Phi) is 5.10. The van der Waals surface area contributed by atoms with Crippen molar-refractivity contribution in [1.29, 1.82) is 0 Å². The lowest BCUT2D eigenvalue weighted by atomic mass is 10.2. The van der Waals surface area contributed by atoms with Crippen molar-refractivity contribution < 1.29 is 22.7 Å². The van der Waals surface area contributed by atoms with Gasteiger partial charge >= 0.3 is 5.97 Å². The van der Waals surface area contributed by atoms with Gasteiger partial charge in [-0.2, -0.15) is 12.8 Å². The fourth-order valence-corrected chi connectivity index (χ4v) is 4.72. The topological polar surface area (TPSA) is 82.0 Å². The lowest BCUT2D eigenvalue weighted by Crippen LogP contribution is -2.10. The van der Waals surface area contributed by atoms with Gasteiger partial charge in [-0.05, 0) is 18.2 Å². The molecule has 0 bridgehead atoms. The summed E-state index contributed by atoms with van der Waals surface area (Å²) in [5.41, 5.74) is 0.935. The number of hydrogen-bond donors (Lipinski definition) is 0. The number of benzene rings is 2. The van der Waals surface area contributed by atoms with E-state index in [0.717, 1.165) is 0 Å². The molecular weight excluding hydrogens is 362 g/mol. The first-order valence-electron chi connectivity index (χ1n) is 7.40. The Labute approximate surface area is 149 Å². The zero-order valence-corrected chi connectivity index (χ0v) is 15.0. The van der Waals surface area contributed by atoms with E-state index in [1.165, 1.54) is 24.9 Å². The fourth-order valence-electron chi connectivity index (χ4n) is 2.34. The van der Waals surface area contributed by atoms with Crippen LogP contribution in [0.2, 0.25) is 0 Å². The number of carbonyl (C=O) groups is 1. The normalized spacial score (nSPS) is 14.5. The van der Waals surface area contributed by atoms with Crippen molar-refractivity contribution in [3.8, 4) is 5.75 Å². The average molecular weight is 377 g/mol. The molecule has 1 aliphatic rings. The molecule has 25 heavy (non-hydrogen) atoms. The van der Waals surface area contributed by atoms with Crippen molar-refractivity contribution in [2.75, 3.05) is 19.5 Å². The van der Waals surface area contributed by atoms with Crippen LogP contribution in [0.4, 0.5) is 0 Å². The molecule has 0 aromatic heterocycles. The lowest BCUT2D eigenvalue weighted by Gasteiger charge is -2.08. The van der Waals surface area contributed by atoms with Gasteiger partial charge in [0.2, 0.25) is 0 Å². The summed E-state index contributed by atoms with van der Waals surface area (Å²) in [6.07, 6.45) is 0. The minimum Gasteiger partial charge on any atom is -0.496 e. The van der Waals surface area contributed by atoms with Gasteiger partial charge in [-0.1, -0.05) is 30.3 Å². The summed E-state index contributed by atoms with van der Waals surface area (Å²) in [7, 11) is -2.13. The number of hydrogen-bond acceptors (Lipinski definition) is 6. The molecule has 0 fully saturated rings. The van der Waals surface area contributed by atoms with Crippen molar-refractivity contribution in [1.82, 2.24) is 0 Å². The molecular formula is C17H15NO5S2. The van der Waals surface area contributed by atoms with Crippen molar-refractivity contribution >= 4 is 32.8 Å². The number of thioether (sulfide) groups is 1. The standard InChI is InChI=1S/C17H15NO5S2/c1-22-14-8-4-2-6-12(14)17(19)23-10-11-24-16-13-7-3-5-9-15(13)25(20,21)18-16/h2-9H,10-11H2,1H3. The Morgan fingerprint density at radius 3 is 2.64 bits per heavy atom. The monoisotopic (exact) mass is 377 g/mol. The molecule has 6 nitrogen and oxygen atoms in total. The first kappa shape index (κ1) is 17.5. The highest BCUT2D eigenvalue weighted by atomic mass is 32.2. The second-order valence-corrected chi connectivity index (χ2v) is 7.71. The van der Waals surface area contributed by atoms with Gasteiger partial charge in [0.1, 0.15) is 23.0 Å². The molecule has 0 atom stereocenters. The van der Waals surface area contributed by atoms with Crippen LogP contribution in [0.1, 0.15) is 15.9 Å². The highest BCUT2D eigenvalue weighted by molar-refractivity contribution is 8.15. The minimum atomic E-state index is -3.62. The van der Waals surface area contributed by atoms with Crippen molar-refractivity contribution in [2.24, 2.45) is 4.40 Å². The van der Waals surface area contributed by atoms with Crippen LogP contribution in [0.15, 0.2) is 57.8 Å². The number of nitrogens with zero attached hydrogens (tertiary/aromatic N) is 1. The van der Waals surface area contributed by atoms with Crippen LogP contribution in [0, 0.1) is 0 Å². The Hall–Kier alpha value is -2.32. The maximum Gasteiger partial charge on any atom is 0.341 e. The number of carbonyl (C=O) groups excluding carboxylic acids is 1. The van der Waals surface area contributed by atoms with Gasteiger partial charge in [0, 0.05) is 11.3 Å². The molecule has 0 saturated carbocycles. The largest absolute Gasteiger partial charge is 0.496 e. The van der Waals surface area contributed by atoms with Gasteiger partial charge in [0.05, 0.1) is 12.0 Å². The molecule has 0 N–H and O–H groups in total. The molecule has 1 heterocycles. The summed E-state index contributed by atoms with van der Waals surface area (Å²) in [6.45, 7) is 0.128. The van der Waals surface area contributed by atoms with E-state index in [4.69, 9.17) is 9.47 Å². The molecule has 0 amide bonds. The molecule has 8 heteroatoms. The van der Waals surface area contributed by atoms with Crippen LogP contribution in [0.25, 0.3) is 0 Å². The van der Waals surface area contributed by atoms with Crippen molar-refractivity contribution in [2.45, 2.75) is 4.90 Å². The third-order valence-electron chi connectivity index (χ3n) is 3.48. The van der Waals surface area contributed by atoms with Gasteiger partial charge < -0.3 is 9.47 Å². The summed E-state index contributed by atoms with van der Waals surface area (Å²) in [5, 5.41) is 0.420. The number of sulfonamides is 1. The quantitative estimate of drug-likeness (QED) is 0.589. The predicted octanol–water partition coefficient (Wildman–Crippen LogP) is 2.73. The van der Waals surface area contributed by atoms with E-state index in [1.807, 2.05) is 0 Å². The molecule has 0 unspecified atom stereocenters. The van der Waals surface area contributed by atoms with Gasteiger partial charge in [0.15, 0.2) is 0 Å². The van der Waals surface area contributed by atoms with E-state index in [0.29, 0.717) is 27.7 Å². The SMILES string of the molecule is COc1ccccc1C(=O)OCCSC1=NS(=O)(=O)c2ccccc21. The maximum absolute atomic E-state index is 12.1. The van der Waals surface area contributed by atoms with E-state index < -0.39 is 16.0 Å². The number of fused-ring (bicyclic) bond motifs is 1. The van der Waals surface area contributed by atoms with Gasteiger partial charge in [-0.25, -0.2) is 4.79 Å². The summed E-state index contributed by atoms with van der Waals surface area (Å²) in [4.78, 5) is 12.3. The van der Waals surface area contributed by atoms with Crippen LogP contribution in [-0.4, -0.2) is 38.9 Å². The smallest absolute Gasteiger partial charge is 0.341 e. The van der Waals surface area contributed by atoms with Gasteiger partial charge in [-0.15, -0.1) is 11.8 Å². The molecule has 0 aliphatic carbocycles. The predicted molar refractivity (Wildman–Crippen MR) is 95.9 cm³/mol. The molecule has 0 spiro atoms. The van der Waals surface area contributed by atoms with Gasteiger partial charge in [0.25, 0.3) is 10.0 Å². The molecule has 130 valence electrons. The first-order valence-corrected chi connectivity index (χ1v) is 9.83. The Morgan fingerprint density at radius 2 is 1.84 bits per heavy atom. The van der Waals surface area contributed by atoms with Crippen LogP contribution < -0.4 is 4.74 Å². The third kappa shape index (κ3) is 3.69. The number of rotatable bonds is 5. The Morgan fingerprint density at radius 1 is 1.12 bits per heavy atom.